The van der Waals surface area contributed by atoms with Crippen LogP contribution in [-0.2, 0) is 16.0 Å². The maximum absolute atomic E-state index is 11.7. The zero-order valence-corrected chi connectivity index (χ0v) is 11.4. The number of nitrogens with one attached hydrogen (secondary N) is 1. The van der Waals surface area contributed by atoms with Crippen LogP contribution in [0.4, 0.5) is 5.69 Å². The minimum Gasteiger partial charge on any atom is -0.493 e. The zero-order chi connectivity index (χ0) is 14.4. The number of aryl methyl sites for hydroxylation is 1. The standard InChI is InChI=1S/C15H19NO4/c17-14(5-1-2-6-15(18)19)16-12-7-8-13-11(10-12)4-3-9-20-13/h7-8,10H,1-6,9H2,(H,16,17)(H,18,19). The number of rotatable bonds is 6. The van der Waals surface area contributed by atoms with Crippen molar-refractivity contribution in [2.24, 2.45) is 0 Å². The Bertz CT molecular complexity index is 499. The first-order chi connectivity index (χ1) is 9.65. The number of hydrogen-bond acceptors (Lipinski definition) is 3. The van der Waals surface area contributed by atoms with Crippen LogP contribution in [0.15, 0.2) is 18.2 Å². The van der Waals surface area contributed by atoms with Gasteiger partial charge in [-0.15, -0.1) is 0 Å². The first kappa shape index (κ1) is 14.4. The van der Waals surface area contributed by atoms with Gasteiger partial charge in [-0.25, -0.2) is 0 Å². The van der Waals surface area contributed by atoms with E-state index in [0.717, 1.165) is 36.4 Å². The van der Waals surface area contributed by atoms with E-state index >= 15 is 0 Å². The SMILES string of the molecule is O=C(O)CCCCC(=O)Nc1ccc2c(c1)CCCO2. The minimum absolute atomic E-state index is 0.0768. The Morgan fingerprint density at radius 3 is 2.85 bits per heavy atom. The molecule has 108 valence electrons. The third kappa shape index (κ3) is 4.26. The van der Waals surface area contributed by atoms with Gasteiger partial charge >= 0.3 is 5.97 Å². The number of anilines is 1. The molecule has 0 spiro atoms. The Morgan fingerprint density at radius 2 is 2.05 bits per heavy atom. The van der Waals surface area contributed by atoms with Crippen LogP contribution < -0.4 is 10.1 Å². The van der Waals surface area contributed by atoms with E-state index in [1.807, 2.05) is 18.2 Å². The number of ether oxygens (including phenoxy) is 1. The molecule has 1 aromatic rings. The molecule has 1 aliphatic rings. The summed E-state index contributed by atoms with van der Waals surface area (Å²) in [6.45, 7) is 0.752. The highest BCUT2D eigenvalue weighted by molar-refractivity contribution is 5.90. The molecule has 0 aliphatic carbocycles. The van der Waals surface area contributed by atoms with Crippen molar-refractivity contribution in [3.05, 3.63) is 23.8 Å². The molecule has 0 unspecified atom stereocenters. The fourth-order valence-corrected chi connectivity index (χ4v) is 2.22. The van der Waals surface area contributed by atoms with Crippen molar-refractivity contribution in [3.63, 3.8) is 0 Å². The minimum atomic E-state index is -0.819. The summed E-state index contributed by atoms with van der Waals surface area (Å²) in [4.78, 5) is 22.1. The summed E-state index contributed by atoms with van der Waals surface area (Å²) in [7, 11) is 0. The van der Waals surface area contributed by atoms with Crippen LogP contribution in [0.25, 0.3) is 0 Å². The molecule has 5 nitrogen and oxygen atoms in total. The quantitative estimate of drug-likeness (QED) is 0.784. The summed E-state index contributed by atoms with van der Waals surface area (Å²) in [5, 5.41) is 11.4. The Labute approximate surface area is 117 Å². The molecule has 1 aliphatic heterocycles. The number of carboxylic acid groups (broad SMARTS) is 1. The van der Waals surface area contributed by atoms with Gasteiger partial charge in [0.25, 0.3) is 0 Å². The van der Waals surface area contributed by atoms with Crippen molar-refractivity contribution in [1.29, 1.82) is 0 Å². The predicted molar refractivity (Wildman–Crippen MR) is 75.0 cm³/mol. The van der Waals surface area contributed by atoms with E-state index in [2.05, 4.69) is 5.32 Å². The Kier molecular flexibility index (Phi) is 4.98. The average molecular weight is 277 g/mol. The third-order valence-electron chi connectivity index (χ3n) is 3.24. The number of benzene rings is 1. The fraction of sp³-hybridized carbons (Fsp3) is 0.467. The van der Waals surface area contributed by atoms with Gasteiger partial charge in [-0.1, -0.05) is 0 Å². The molecule has 1 aromatic carbocycles. The van der Waals surface area contributed by atoms with Crippen LogP contribution in [0.1, 0.15) is 37.7 Å². The first-order valence-corrected chi connectivity index (χ1v) is 6.92. The Morgan fingerprint density at radius 1 is 1.25 bits per heavy atom. The van der Waals surface area contributed by atoms with E-state index in [0.29, 0.717) is 19.3 Å². The summed E-state index contributed by atoms with van der Waals surface area (Å²) >= 11 is 0. The van der Waals surface area contributed by atoms with Crippen molar-refractivity contribution < 1.29 is 19.4 Å². The molecule has 20 heavy (non-hydrogen) atoms. The van der Waals surface area contributed by atoms with Gasteiger partial charge in [-0.05, 0) is 49.4 Å². The van der Waals surface area contributed by atoms with Crippen LogP contribution in [-0.4, -0.2) is 23.6 Å². The van der Waals surface area contributed by atoms with Gasteiger partial charge in [0.05, 0.1) is 6.61 Å². The summed E-state index contributed by atoms with van der Waals surface area (Å²) in [5.41, 5.74) is 1.90. The molecule has 2 rings (SSSR count). The second-order valence-electron chi connectivity index (χ2n) is 4.92. The molecule has 0 fully saturated rings. The van der Waals surface area contributed by atoms with E-state index < -0.39 is 5.97 Å². The Balaban J connectivity index is 1.80. The van der Waals surface area contributed by atoms with E-state index in [-0.39, 0.29) is 12.3 Å². The van der Waals surface area contributed by atoms with Crippen molar-refractivity contribution in [1.82, 2.24) is 0 Å². The average Bonchev–Trinajstić information content (AvgIpc) is 2.43. The number of aliphatic carboxylic acids is 1. The molecule has 0 atom stereocenters. The second kappa shape index (κ2) is 6.93. The molecule has 0 aromatic heterocycles. The summed E-state index contributed by atoms with van der Waals surface area (Å²) in [5.74, 6) is 0.00266. The van der Waals surface area contributed by atoms with Gasteiger partial charge in [0, 0.05) is 18.5 Å². The van der Waals surface area contributed by atoms with E-state index in [9.17, 15) is 9.59 Å². The van der Waals surface area contributed by atoms with E-state index in [4.69, 9.17) is 9.84 Å². The van der Waals surface area contributed by atoms with Gasteiger partial charge in [0.2, 0.25) is 5.91 Å². The van der Waals surface area contributed by atoms with Crippen molar-refractivity contribution >= 4 is 17.6 Å². The molecule has 1 amide bonds. The van der Waals surface area contributed by atoms with Crippen molar-refractivity contribution in [3.8, 4) is 5.75 Å². The molecule has 2 N–H and O–H groups in total. The summed E-state index contributed by atoms with van der Waals surface area (Å²) < 4.78 is 5.52. The normalized spacial score (nSPS) is 13.2. The van der Waals surface area contributed by atoms with E-state index in [1.54, 1.807) is 0 Å². The molecule has 0 saturated carbocycles. The molecular weight excluding hydrogens is 258 g/mol. The zero-order valence-electron chi connectivity index (χ0n) is 11.4. The number of fused-ring (bicyclic) bond motifs is 1. The molecule has 0 radical (unpaired) electrons. The molecule has 1 heterocycles. The van der Waals surface area contributed by atoms with Gasteiger partial charge in [-0.3, -0.25) is 9.59 Å². The number of carboxylic acids is 1. The smallest absolute Gasteiger partial charge is 0.303 e. The van der Waals surface area contributed by atoms with Crippen LogP contribution in [0.3, 0.4) is 0 Å². The highest BCUT2D eigenvalue weighted by atomic mass is 16.5. The molecule has 0 bridgehead atoms. The van der Waals surface area contributed by atoms with Crippen LogP contribution in [0, 0.1) is 0 Å². The van der Waals surface area contributed by atoms with Gasteiger partial charge < -0.3 is 15.2 Å². The fourth-order valence-electron chi connectivity index (χ4n) is 2.22. The first-order valence-electron chi connectivity index (χ1n) is 6.92. The van der Waals surface area contributed by atoms with Gasteiger partial charge in [0.15, 0.2) is 0 Å². The van der Waals surface area contributed by atoms with Gasteiger partial charge in [-0.2, -0.15) is 0 Å². The Hall–Kier alpha value is -2.04. The maximum atomic E-state index is 11.7. The molecular formula is C15H19NO4. The lowest BCUT2D eigenvalue weighted by molar-refractivity contribution is -0.137. The topological polar surface area (TPSA) is 75.6 Å². The number of hydrogen-bond donors (Lipinski definition) is 2. The number of unbranched alkanes of at least 4 members (excludes halogenated alkanes) is 1. The number of carbonyl (C=O) groups excluding carboxylic acids is 1. The monoisotopic (exact) mass is 277 g/mol. The predicted octanol–water partition coefficient (Wildman–Crippen LogP) is 2.60. The lowest BCUT2D eigenvalue weighted by Crippen LogP contribution is -2.13. The highest BCUT2D eigenvalue weighted by Gasteiger charge is 2.11. The lowest BCUT2D eigenvalue weighted by atomic mass is 10.1. The summed E-state index contributed by atoms with van der Waals surface area (Å²) in [6, 6.07) is 5.66. The lowest BCUT2D eigenvalue weighted by Gasteiger charge is -2.18. The van der Waals surface area contributed by atoms with E-state index in [1.165, 1.54) is 0 Å². The second-order valence-corrected chi connectivity index (χ2v) is 4.92. The van der Waals surface area contributed by atoms with Crippen LogP contribution in [0.5, 0.6) is 5.75 Å². The largest absolute Gasteiger partial charge is 0.493 e. The van der Waals surface area contributed by atoms with Crippen molar-refractivity contribution in [2.45, 2.75) is 38.5 Å². The van der Waals surface area contributed by atoms with Crippen molar-refractivity contribution in [2.75, 3.05) is 11.9 Å². The van der Waals surface area contributed by atoms with Gasteiger partial charge in [0.1, 0.15) is 5.75 Å². The third-order valence-corrected chi connectivity index (χ3v) is 3.24. The van der Waals surface area contributed by atoms with Crippen LogP contribution in [0.2, 0.25) is 0 Å². The molecule has 5 heteroatoms. The van der Waals surface area contributed by atoms with Crippen LogP contribution >= 0.6 is 0 Å². The molecule has 0 saturated heterocycles. The number of amides is 1. The number of carbonyl (C=O) groups is 2. The summed E-state index contributed by atoms with van der Waals surface area (Å²) in [6.07, 6.45) is 3.55. The maximum Gasteiger partial charge on any atom is 0.303 e. The highest BCUT2D eigenvalue weighted by Crippen LogP contribution is 2.27.